The van der Waals surface area contributed by atoms with E-state index in [-0.39, 0.29) is 11.5 Å². The van der Waals surface area contributed by atoms with Crippen LogP contribution in [0.3, 0.4) is 0 Å². The molecule has 0 spiro atoms. The van der Waals surface area contributed by atoms with Crippen LogP contribution < -0.4 is 15.6 Å². The number of amides is 1. The monoisotopic (exact) mass is 449 g/mol. The van der Waals surface area contributed by atoms with Crippen molar-refractivity contribution in [3.8, 4) is 5.75 Å². The summed E-state index contributed by atoms with van der Waals surface area (Å²) in [4.78, 5) is 30.0. The molecule has 2 aromatic carbocycles. The number of aromatic nitrogens is 2. The fourth-order valence-corrected chi connectivity index (χ4v) is 3.92. The Kier molecular flexibility index (Phi) is 6.32. The molecule has 2 heterocycles. The Morgan fingerprint density at radius 1 is 1.16 bits per heavy atom. The zero-order chi connectivity index (χ0) is 22.7. The first-order valence-corrected chi connectivity index (χ1v) is 11.1. The minimum atomic E-state index is -0.627. The molecule has 1 amide bonds. The Labute approximate surface area is 189 Å². The summed E-state index contributed by atoms with van der Waals surface area (Å²) in [6.07, 6.45) is -0.627. The molecule has 0 radical (unpaired) electrons. The third kappa shape index (κ3) is 5.20. The van der Waals surface area contributed by atoms with Crippen LogP contribution in [0.2, 0.25) is 0 Å². The highest BCUT2D eigenvalue weighted by atomic mass is 32.2. The van der Waals surface area contributed by atoms with E-state index in [4.69, 9.17) is 9.26 Å². The lowest BCUT2D eigenvalue weighted by Gasteiger charge is -2.15. The zero-order valence-electron chi connectivity index (χ0n) is 18.0. The molecule has 0 bridgehead atoms. The minimum absolute atomic E-state index is 0.222. The van der Waals surface area contributed by atoms with E-state index in [0.29, 0.717) is 34.3 Å². The highest BCUT2D eigenvalue weighted by molar-refractivity contribution is 7.98. The SMILES string of the molecule is Cc1cccc(O[C@H](C)C(=O)Nc2ccc(SCc3cc(=O)n4oc(C)cc4n3)cc2)c1. The van der Waals surface area contributed by atoms with Crippen LogP contribution in [-0.4, -0.2) is 21.6 Å². The smallest absolute Gasteiger partial charge is 0.287 e. The van der Waals surface area contributed by atoms with Crippen molar-refractivity contribution in [2.45, 2.75) is 37.5 Å². The lowest BCUT2D eigenvalue weighted by molar-refractivity contribution is -0.122. The van der Waals surface area contributed by atoms with E-state index in [1.807, 2.05) is 55.5 Å². The number of benzene rings is 2. The average molecular weight is 450 g/mol. The first-order chi connectivity index (χ1) is 15.4. The highest BCUT2D eigenvalue weighted by Gasteiger charge is 2.15. The van der Waals surface area contributed by atoms with Gasteiger partial charge in [-0.05, 0) is 62.7 Å². The topological polar surface area (TPSA) is 85.8 Å². The zero-order valence-corrected chi connectivity index (χ0v) is 18.8. The van der Waals surface area contributed by atoms with Crippen LogP contribution in [0.4, 0.5) is 5.69 Å². The molecule has 8 heteroatoms. The third-order valence-corrected chi connectivity index (χ3v) is 5.75. The summed E-state index contributed by atoms with van der Waals surface area (Å²) >= 11 is 1.56. The van der Waals surface area contributed by atoms with Crippen molar-refractivity contribution < 1.29 is 14.1 Å². The van der Waals surface area contributed by atoms with E-state index in [1.165, 1.54) is 10.6 Å². The van der Waals surface area contributed by atoms with Crippen LogP contribution in [0.5, 0.6) is 5.75 Å². The minimum Gasteiger partial charge on any atom is -0.481 e. The van der Waals surface area contributed by atoms with Gasteiger partial charge in [-0.25, -0.2) is 4.98 Å². The fraction of sp³-hybridized carbons (Fsp3) is 0.208. The van der Waals surface area contributed by atoms with Gasteiger partial charge in [0, 0.05) is 28.5 Å². The van der Waals surface area contributed by atoms with Crippen LogP contribution in [0.1, 0.15) is 23.9 Å². The number of hydrogen-bond acceptors (Lipinski definition) is 6. The molecule has 0 aliphatic carbocycles. The van der Waals surface area contributed by atoms with Crippen LogP contribution in [0.25, 0.3) is 5.65 Å². The lowest BCUT2D eigenvalue weighted by Crippen LogP contribution is -2.30. The van der Waals surface area contributed by atoms with Gasteiger partial charge >= 0.3 is 0 Å². The van der Waals surface area contributed by atoms with Crippen LogP contribution in [0.15, 0.2) is 74.9 Å². The Bertz CT molecular complexity index is 1310. The van der Waals surface area contributed by atoms with Gasteiger partial charge in [0.25, 0.3) is 11.5 Å². The lowest BCUT2D eigenvalue weighted by atomic mass is 10.2. The Hall–Kier alpha value is -3.52. The summed E-state index contributed by atoms with van der Waals surface area (Å²) in [5.41, 5.74) is 2.71. The number of anilines is 1. The number of hydrogen-bond donors (Lipinski definition) is 1. The van der Waals surface area contributed by atoms with E-state index in [0.717, 1.165) is 10.5 Å². The van der Waals surface area contributed by atoms with Gasteiger partial charge in [0.05, 0.1) is 5.69 Å². The fourth-order valence-electron chi connectivity index (χ4n) is 3.13. The number of thioether (sulfide) groups is 1. The molecule has 0 aliphatic rings. The molecule has 1 N–H and O–H groups in total. The van der Waals surface area contributed by atoms with Crippen molar-refractivity contribution in [2.24, 2.45) is 0 Å². The third-order valence-electron chi connectivity index (χ3n) is 4.70. The Morgan fingerprint density at radius 2 is 1.94 bits per heavy atom. The molecule has 0 unspecified atom stereocenters. The van der Waals surface area contributed by atoms with Gasteiger partial charge < -0.3 is 14.6 Å². The molecule has 7 nitrogen and oxygen atoms in total. The van der Waals surface area contributed by atoms with Gasteiger partial charge in [-0.2, -0.15) is 0 Å². The summed E-state index contributed by atoms with van der Waals surface area (Å²) in [6.45, 7) is 5.47. The predicted octanol–water partition coefficient (Wildman–Crippen LogP) is 4.60. The highest BCUT2D eigenvalue weighted by Crippen LogP contribution is 2.24. The molecule has 0 saturated carbocycles. The molecule has 0 saturated heterocycles. The number of nitrogens with one attached hydrogen (secondary N) is 1. The molecule has 1 atom stereocenters. The molecule has 32 heavy (non-hydrogen) atoms. The number of nitrogens with zero attached hydrogens (tertiary/aromatic N) is 2. The number of rotatable bonds is 7. The maximum absolute atomic E-state index is 12.4. The van der Waals surface area contributed by atoms with Gasteiger partial charge in [-0.15, -0.1) is 16.3 Å². The van der Waals surface area contributed by atoms with Crippen LogP contribution in [-0.2, 0) is 10.5 Å². The molecule has 164 valence electrons. The van der Waals surface area contributed by atoms with Crippen molar-refractivity contribution in [1.29, 1.82) is 0 Å². The normalized spacial score (nSPS) is 12.0. The summed E-state index contributed by atoms with van der Waals surface area (Å²) in [5.74, 6) is 1.62. The largest absolute Gasteiger partial charge is 0.481 e. The van der Waals surface area contributed by atoms with Gasteiger partial charge in [0.15, 0.2) is 11.8 Å². The number of ether oxygens (including phenoxy) is 1. The second kappa shape index (κ2) is 9.32. The average Bonchev–Trinajstić information content (AvgIpc) is 3.14. The van der Waals surface area contributed by atoms with Crippen LogP contribution in [0, 0.1) is 13.8 Å². The standard InChI is InChI=1S/C24H23N3O4S/c1-15-5-4-6-20(11-15)30-17(3)24(29)26-18-7-9-21(10-8-18)32-14-19-13-23(28)27-22(25-19)12-16(2)31-27/h4-13,17H,14H2,1-3H3,(H,26,29)/t17-/m1/s1. The maximum Gasteiger partial charge on any atom is 0.287 e. The molecule has 2 aromatic heterocycles. The predicted molar refractivity (Wildman–Crippen MR) is 124 cm³/mol. The van der Waals surface area contributed by atoms with Gasteiger partial charge in [0.2, 0.25) is 0 Å². The first-order valence-electron chi connectivity index (χ1n) is 10.1. The molecule has 4 aromatic rings. The molecular formula is C24H23N3O4S. The Morgan fingerprint density at radius 3 is 2.69 bits per heavy atom. The van der Waals surface area contributed by atoms with E-state index >= 15 is 0 Å². The van der Waals surface area contributed by atoms with E-state index < -0.39 is 6.10 Å². The molecule has 4 rings (SSSR count). The van der Waals surface area contributed by atoms with Crippen molar-refractivity contribution in [1.82, 2.24) is 9.56 Å². The van der Waals surface area contributed by atoms with Crippen molar-refractivity contribution in [3.05, 3.63) is 88.0 Å². The summed E-state index contributed by atoms with van der Waals surface area (Å²) in [7, 11) is 0. The number of fused-ring (bicyclic) bond motifs is 1. The molecular weight excluding hydrogens is 426 g/mol. The maximum atomic E-state index is 12.4. The van der Waals surface area contributed by atoms with Crippen LogP contribution >= 0.6 is 11.8 Å². The van der Waals surface area contributed by atoms with Gasteiger partial charge in [-0.1, -0.05) is 12.1 Å². The summed E-state index contributed by atoms with van der Waals surface area (Å²) < 4.78 is 12.2. The van der Waals surface area contributed by atoms with Gasteiger partial charge in [0.1, 0.15) is 11.5 Å². The quantitative estimate of drug-likeness (QED) is 0.415. The second-order valence-electron chi connectivity index (χ2n) is 7.46. The number of carbonyl (C=O) groups is 1. The summed E-state index contributed by atoms with van der Waals surface area (Å²) in [5, 5.41) is 2.87. The van der Waals surface area contributed by atoms with E-state index in [1.54, 1.807) is 31.7 Å². The Balaban J connectivity index is 1.33. The first kappa shape index (κ1) is 21.7. The van der Waals surface area contributed by atoms with Crippen molar-refractivity contribution >= 4 is 29.0 Å². The molecule has 0 fully saturated rings. The van der Waals surface area contributed by atoms with Crippen molar-refractivity contribution in [2.75, 3.05) is 5.32 Å². The summed E-state index contributed by atoms with van der Waals surface area (Å²) in [6, 6.07) is 18.3. The van der Waals surface area contributed by atoms with Crippen molar-refractivity contribution in [3.63, 3.8) is 0 Å². The van der Waals surface area contributed by atoms with Gasteiger partial charge in [-0.3, -0.25) is 9.59 Å². The van der Waals surface area contributed by atoms with E-state index in [2.05, 4.69) is 10.3 Å². The second-order valence-corrected chi connectivity index (χ2v) is 8.51. The number of carbonyl (C=O) groups excluding carboxylic acids is 1. The molecule has 0 aliphatic heterocycles. The van der Waals surface area contributed by atoms with E-state index in [9.17, 15) is 9.59 Å². The number of aryl methyl sites for hydroxylation is 2.